The van der Waals surface area contributed by atoms with Gasteiger partial charge in [-0.1, -0.05) is 13.8 Å². The first-order valence-corrected chi connectivity index (χ1v) is 4.13. The smallest absolute Gasteiger partial charge is 0.224 e. The minimum Gasteiger partial charge on any atom is -0.344 e. The van der Waals surface area contributed by atoms with Crippen molar-refractivity contribution in [2.75, 3.05) is 13.6 Å². The summed E-state index contributed by atoms with van der Waals surface area (Å²) >= 11 is 0. The molecule has 0 aliphatic rings. The number of hydrogen-bond acceptors (Lipinski definition) is 2. The van der Waals surface area contributed by atoms with E-state index in [-0.39, 0.29) is 17.7 Å². The number of hydrogen-bond donors (Lipinski definition) is 0. The van der Waals surface area contributed by atoms with Crippen LogP contribution in [0, 0.1) is 23.2 Å². The molecule has 1 unspecified atom stereocenters. The lowest BCUT2D eigenvalue weighted by Crippen LogP contribution is -2.33. The number of rotatable bonds is 3. The van der Waals surface area contributed by atoms with Crippen molar-refractivity contribution in [3.63, 3.8) is 0 Å². The molecular weight excluding hydrogens is 152 g/mol. The van der Waals surface area contributed by atoms with Crippen LogP contribution in [0.3, 0.4) is 0 Å². The van der Waals surface area contributed by atoms with Crippen molar-refractivity contribution in [3.8, 4) is 6.07 Å². The molecule has 0 bridgehead atoms. The lowest BCUT2D eigenvalue weighted by Gasteiger charge is -2.20. The molecule has 0 saturated heterocycles. The molecule has 0 aromatic heterocycles. The Bertz CT molecular complexity index is 193. The van der Waals surface area contributed by atoms with Gasteiger partial charge < -0.3 is 4.90 Å². The van der Waals surface area contributed by atoms with E-state index in [0.717, 1.165) is 0 Å². The zero-order valence-electron chi connectivity index (χ0n) is 8.16. The van der Waals surface area contributed by atoms with E-state index in [1.807, 2.05) is 20.8 Å². The molecule has 0 aliphatic heterocycles. The molecule has 0 N–H and O–H groups in total. The number of amides is 1. The maximum Gasteiger partial charge on any atom is 0.224 e. The van der Waals surface area contributed by atoms with Gasteiger partial charge in [0, 0.05) is 19.5 Å². The fraction of sp³-hybridized carbons (Fsp3) is 0.778. The molecule has 1 atom stereocenters. The third kappa shape index (κ3) is 3.38. The molecule has 0 radical (unpaired) electrons. The van der Waals surface area contributed by atoms with Crippen LogP contribution in [0.25, 0.3) is 0 Å². The summed E-state index contributed by atoms with van der Waals surface area (Å²) in [5.74, 6) is 0.0238. The second-order valence-electron chi connectivity index (χ2n) is 3.40. The third-order valence-corrected chi connectivity index (χ3v) is 1.64. The molecule has 0 aliphatic carbocycles. The van der Waals surface area contributed by atoms with Crippen molar-refractivity contribution in [2.45, 2.75) is 20.8 Å². The highest BCUT2D eigenvalue weighted by Gasteiger charge is 2.14. The minimum absolute atomic E-state index is 0.0147. The highest BCUT2D eigenvalue weighted by atomic mass is 16.2. The first-order chi connectivity index (χ1) is 5.49. The largest absolute Gasteiger partial charge is 0.344 e. The van der Waals surface area contributed by atoms with Crippen LogP contribution in [0.4, 0.5) is 0 Å². The molecule has 1 amide bonds. The summed E-state index contributed by atoms with van der Waals surface area (Å²) in [5.41, 5.74) is 0. The van der Waals surface area contributed by atoms with E-state index in [1.54, 1.807) is 11.9 Å². The fourth-order valence-electron chi connectivity index (χ4n) is 0.982. The predicted molar refractivity (Wildman–Crippen MR) is 47.3 cm³/mol. The van der Waals surface area contributed by atoms with Crippen LogP contribution >= 0.6 is 0 Å². The molecule has 0 heterocycles. The SMILES string of the molecule is CC(C#N)CN(C)C(=O)C(C)C. The molecule has 0 aromatic rings. The summed E-state index contributed by atoms with van der Waals surface area (Å²) in [5, 5.41) is 8.52. The van der Waals surface area contributed by atoms with E-state index in [2.05, 4.69) is 6.07 Å². The number of carbonyl (C=O) groups excluding carboxylic acids is 1. The minimum atomic E-state index is -0.0855. The molecular formula is C9H16N2O. The van der Waals surface area contributed by atoms with Crippen LogP contribution in [-0.4, -0.2) is 24.4 Å². The van der Waals surface area contributed by atoms with Crippen LogP contribution in [0.1, 0.15) is 20.8 Å². The Morgan fingerprint density at radius 3 is 2.33 bits per heavy atom. The van der Waals surface area contributed by atoms with Crippen molar-refractivity contribution in [1.82, 2.24) is 4.90 Å². The normalized spacial score (nSPS) is 12.3. The molecule has 0 saturated carbocycles. The lowest BCUT2D eigenvalue weighted by molar-refractivity contribution is -0.133. The number of carbonyl (C=O) groups is 1. The van der Waals surface area contributed by atoms with E-state index >= 15 is 0 Å². The summed E-state index contributed by atoms with van der Waals surface area (Å²) in [6.07, 6.45) is 0. The average Bonchev–Trinajstić information content (AvgIpc) is 2.02. The maximum absolute atomic E-state index is 11.3. The summed E-state index contributed by atoms with van der Waals surface area (Å²) < 4.78 is 0. The second-order valence-corrected chi connectivity index (χ2v) is 3.40. The van der Waals surface area contributed by atoms with Gasteiger partial charge in [0.05, 0.1) is 12.0 Å². The van der Waals surface area contributed by atoms with Gasteiger partial charge in [0.15, 0.2) is 0 Å². The van der Waals surface area contributed by atoms with E-state index in [1.165, 1.54) is 0 Å². The van der Waals surface area contributed by atoms with Crippen LogP contribution in [-0.2, 0) is 4.79 Å². The fourth-order valence-corrected chi connectivity index (χ4v) is 0.982. The molecule has 0 spiro atoms. The number of nitrogens with zero attached hydrogens (tertiary/aromatic N) is 2. The molecule has 0 fully saturated rings. The Labute approximate surface area is 74.0 Å². The highest BCUT2D eigenvalue weighted by molar-refractivity contribution is 5.77. The van der Waals surface area contributed by atoms with Crippen molar-refractivity contribution in [3.05, 3.63) is 0 Å². The van der Waals surface area contributed by atoms with Gasteiger partial charge in [0.2, 0.25) is 5.91 Å². The Balaban J connectivity index is 3.97. The van der Waals surface area contributed by atoms with Gasteiger partial charge in [0.25, 0.3) is 0 Å². The molecule has 68 valence electrons. The van der Waals surface area contributed by atoms with Gasteiger partial charge in [-0.2, -0.15) is 5.26 Å². The molecule has 12 heavy (non-hydrogen) atoms. The average molecular weight is 168 g/mol. The van der Waals surface area contributed by atoms with E-state index in [0.29, 0.717) is 6.54 Å². The van der Waals surface area contributed by atoms with Gasteiger partial charge >= 0.3 is 0 Å². The van der Waals surface area contributed by atoms with Crippen LogP contribution in [0.15, 0.2) is 0 Å². The lowest BCUT2D eigenvalue weighted by atomic mass is 10.1. The van der Waals surface area contributed by atoms with Gasteiger partial charge in [-0.3, -0.25) is 4.79 Å². The first-order valence-electron chi connectivity index (χ1n) is 4.13. The third-order valence-electron chi connectivity index (χ3n) is 1.64. The quantitative estimate of drug-likeness (QED) is 0.636. The first kappa shape index (κ1) is 11.0. The molecule has 3 nitrogen and oxygen atoms in total. The van der Waals surface area contributed by atoms with Crippen LogP contribution < -0.4 is 0 Å². The van der Waals surface area contributed by atoms with E-state index < -0.39 is 0 Å². The van der Waals surface area contributed by atoms with Gasteiger partial charge in [-0.15, -0.1) is 0 Å². The summed E-state index contributed by atoms with van der Waals surface area (Å²) in [4.78, 5) is 12.9. The van der Waals surface area contributed by atoms with Gasteiger partial charge in [-0.25, -0.2) is 0 Å². The highest BCUT2D eigenvalue weighted by Crippen LogP contribution is 2.02. The predicted octanol–water partition coefficient (Wildman–Crippen LogP) is 1.26. The molecule has 0 rings (SSSR count). The Morgan fingerprint density at radius 1 is 1.50 bits per heavy atom. The topological polar surface area (TPSA) is 44.1 Å². The summed E-state index contributed by atoms with van der Waals surface area (Å²) in [6, 6.07) is 2.10. The monoisotopic (exact) mass is 168 g/mol. The van der Waals surface area contributed by atoms with E-state index in [9.17, 15) is 4.79 Å². The van der Waals surface area contributed by atoms with Gasteiger partial charge in [0.1, 0.15) is 0 Å². The van der Waals surface area contributed by atoms with Crippen molar-refractivity contribution >= 4 is 5.91 Å². The Morgan fingerprint density at radius 2 is 2.00 bits per heavy atom. The maximum atomic E-state index is 11.3. The second kappa shape index (κ2) is 4.76. The van der Waals surface area contributed by atoms with Crippen LogP contribution in [0.2, 0.25) is 0 Å². The van der Waals surface area contributed by atoms with Crippen molar-refractivity contribution in [1.29, 1.82) is 5.26 Å². The zero-order valence-corrected chi connectivity index (χ0v) is 8.16. The van der Waals surface area contributed by atoms with Crippen molar-refractivity contribution in [2.24, 2.45) is 11.8 Å². The zero-order chi connectivity index (χ0) is 9.72. The molecule has 0 aromatic carbocycles. The Hall–Kier alpha value is -1.04. The van der Waals surface area contributed by atoms with E-state index in [4.69, 9.17) is 5.26 Å². The van der Waals surface area contributed by atoms with Crippen LogP contribution in [0.5, 0.6) is 0 Å². The summed E-state index contributed by atoms with van der Waals surface area (Å²) in [6.45, 7) is 6.05. The Kier molecular flexibility index (Phi) is 4.35. The van der Waals surface area contributed by atoms with Crippen molar-refractivity contribution < 1.29 is 4.79 Å². The number of nitriles is 1. The molecule has 3 heteroatoms. The summed E-state index contributed by atoms with van der Waals surface area (Å²) in [7, 11) is 1.73. The standard InChI is InChI=1S/C9H16N2O/c1-7(2)9(12)11(4)6-8(3)5-10/h7-8H,6H2,1-4H3. The van der Waals surface area contributed by atoms with Gasteiger partial charge in [-0.05, 0) is 6.92 Å².